The smallest absolute Gasteiger partial charge is 0.334 e. The number of hydrogen-bond acceptors (Lipinski definition) is 5. The SMILES string of the molecule is O=C(N/N=C/c1cccc(-c2cccc(C3C(=O)N(Cc4ccc(Cl)nc4)c4cccc[n+]4C3=O)c2)c1)NC1CCCC1. The minimum atomic E-state index is -1.02. The molecule has 1 fully saturated rings. The van der Waals surface area contributed by atoms with Crippen molar-refractivity contribution in [2.75, 3.05) is 4.90 Å². The number of pyridine rings is 2. The standard InChI is InChI=1S/C33H29ClN6O3/c34-28-15-14-23(19-35-28)21-40-29-13-3-4-16-39(29)31(41)30(32(40)42)26-10-6-9-25(18-26)24-8-5-7-22(17-24)20-36-38-33(43)37-27-11-1-2-12-27/h3-10,13-20,27,30H,1-2,11-12,21H2,(H-,37,38,43)/p+1/b36-20+. The van der Waals surface area contributed by atoms with E-state index in [4.69, 9.17) is 11.6 Å². The lowest BCUT2D eigenvalue weighted by Crippen LogP contribution is -2.59. The van der Waals surface area contributed by atoms with Gasteiger partial charge in [-0.1, -0.05) is 73.0 Å². The van der Waals surface area contributed by atoms with E-state index in [1.807, 2.05) is 48.5 Å². The maximum Gasteiger partial charge on any atom is 0.335 e. The van der Waals surface area contributed by atoms with E-state index < -0.39 is 5.92 Å². The van der Waals surface area contributed by atoms with E-state index in [2.05, 4.69) is 20.8 Å². The molecule has 2 N–H and O–H groups in total. The molecule has 0 radical (unpaired) electrons. The Bertz CT molecular complexity index is 1700. The van der Waals surface area contributed by atoms with Gasteiger partial charge in [0, 0.05) is 23.9 Å². The van der Waals surface area contributed by atoms with Crippen molar-refractivity contribution < 1.29 is 19.0 Å². The van der Waals surface area contributed by atoms with Crippen molar-refractivity contribution >= 4 is 41.5 Å². The molecule has 216 valence electrons. The average molecular weight is 594 g/mol. The van der Waals surface area contributed by atoms with Gasteiger partial charge in [0.25, 0.3) is 5.82 Å². The first-order valence-corrected chi connectivity index (χ1v) is 14.6. The highest BCUT2D eigenvalue weighted by atomic mass is 35.5. The van der Waals surface area contributed by atoms with Gasteiger partial charge < -0.3 is 5.32 Å². The van der Waals surface area contributed by atoms with Crippen LogP contribution in [0.1, 0.15) is 53.1 Å². The monoisotopic (exact) mass is 593 g/mol. The number of hydrogen-bond donors (Lipinski definition) is 2. The lowest BCUT2D eigenvalue weighted by Gasteiger charge is -2.26. The number of rotatable bonds is 7. The highest BCUT2D eigenvalue weighted by Gasteiger charge is 2.47. The van der Waals surface area contributed by atoms with Crippen LogP contribution >= 0.6 is 11.6 Å². The number of fused-ring (bicyclic) bond motifs is 1. The average Bonchev–Trinajstić information content (AvgIpc) is 3.54. The van der Waals surface area contributed by atoms with Crippen molar-refractivity contribution in [3.63, 3.8) is 0 Å². The molecule has 1 unspecified atom stereocenters. The number of carbonyl (C=O) groups is 3. The van der Waals surface area contributed by atoms with E-state index in [9.17, 15) is 14.4 Å². The lowest BCUT2D eigenvalue weighted by molar-refractivity contribution is -0.563. The molecular formula is C33H30ClN6O3+. The van der Waals surface area contributed by atoms with E-state index in [-0.39, 0.29) is 30.4 Å². The third-order valence-electron chi connectivity index (χ3n) is 7.75. The molecule has 4 aromatic rings. The number of nitrogens with zero attached hydrogens (tertiary/aromatic N) is 4. The fourth-order valence-corrected chi connectivity index (χ4v) is 5.74. The Morgan fingerprint density at radius 1 is 1.00 bits per heavy atom. The van der Waals surface area contributed by atoms with Crippen LogP contribution < -0.4 is 20.2 Å². The van der Waals surface area contributed by atoms with Crippen LogP contribution in [-0.4, -0.2) is 35.1 Å². The molecule has 1 saturated carbocycles. The Kier molecular flexibility index (Phi) is 8.24. The summed E-state index contributed by atoms with van der Waals surface area (Å²) in [7, 11) is 0. The Balaban J connectivity index is 1.23. The van der Waals surface area contributed by atoms with Gasteiger partial charge in [0.1, 0.15) is 11.7 Å². The summed E-state index contributed by atoms with van der Waals surface area (Å²) < 4.78 is 1.52. The van der Waals surface area contributed by atoms with E-state index in [1.54, 1.807) is 53.8 Å². The Morgan fingerprint density at radius 3 is 2.58 bits per heavy atom. The van der Waals surface area contributed by atoms with Gasteiger partial charge in [-0.2, -0.15) is 14.6 Å². The van der Waals surface area contributed by atoms with Crippen LogP contribution in [0.5, 0.6) is 0 Å². The summed E-state index contributed by atoms with van der Waals surface area (Å²) in [5.74, 6) is -1.15. The summed E-state index contributed by atoms with van der Waals surface area (Å²) >= 11 is 5.96. The predicted octanol–water partition coefficient (Wildman–Crippen LogP) is 5.24. The Morgan fingerprint density at radius 2 is 1.79 bits per heavy atom. The van der Waals surface area contributed by atoms with Crippen molar-refractivity contribution in [2.45, 2.75) is 44.2 Å². The van der Waals surface area contributed by atoms with Crippen molar-refractivity contribution in [3.05, 3.63) is 113 Å². The van der Waals surface area contributed by atoms with Crippen LogP contribution in [0.3, 0.4) is 0 Å². The van der Waals surface area contributed by atoms with Gasteiger partial charge in [0.2, 0.25) is 0 Å². The Hall–Kier alpha value is -4.89. The second-order valence-electron chi connectivity index (χ2n) is 10.7. The predicted molar refractivity (Wildman–Crippen MR) is 164 cm³/mol. The van der Waals surface area contributed by atoms with E-state index >= 15 is 0 Å². The minimum absolute atomic E-state index is 0.210. The molecule has 9 nitrogen and oxygen atoms in total. The van der Waals surface area contributed by atoms with Gasteiger partial charge in [0.15, 0.2) is 5.92 Å². The fraction of sp³-hybridized carbons (Fsp3) is 0.212. The zero-order valence-corrected chi connectivity index (χ0v) is 24.1. The van der Waals surface area contributed by atoms with Crippen LogP contribution in [0.2, 0.25) is 5.15 Å². The highest BCUT2D eigenvalue weighted by molar-refractivity contribution is 6.29. The molecule has 1 aliphatic heterocycles. The lowest BCUT2D eigenvalue weighted by atomic mass is 9.91. The molecule has 1 aliphatic carbocycles. The molecule has 2 aromatic heterocycles. The first kappa shape index (κ1) is 28.2. The second kappa shape index (κ2) is 12.5. The molecule has 6 rings (SSSR count). The van der Waals surface area contributed by atoms with Crippen molar-refractivity contribution in [3.8, 4) is 11.1 Å². The van der Waals surface area contributed by atoms with Crippen molar-refractivity contribution in [1.82, 2.24) is 15.7 Å². The maximum atomic E-state index is 13.9. The number of benzene rings is 2. The third kappa shape index (κ3) is 6.32. The first-order valence-electron chi connectivity index (χ1n) is 14.2. The summed E-state index contributed by atoms with van der Waals surface area (Å²) in [6.07, 6.45) is 9.17. The molecule has 0 saturated heterocycles. The van der Waals surface area contributed by atoms with Gasteiger partial charge in [-0.3, -0.25) is 0 Å². The molecule has 10 heteroatoms. The normalized spacial score (nSPS) is 16.9. The number of anilines is 1. The van der Waals surface area contributed by atoms with E-state index in [0.717, 1.165) is 47.9 Å². The Labute approximate surface area is 254 Å². The first-order chi connectivity index (χ1) is 21.0. The third-order valence-corrected chi connectivity index (χ3v) is 7.98. The van der Waals surface area contributed by atoms with Crippen molar-refractivity contribution in [2.24, 2.45) is 5.10 Å². The van der Waals surface area contributed by atoms with Gasteiger partial charge in [0.05, 0.1) is 12.4 Å². The zero-order chi connectivity index (χ0) is 29.8. The summed E-state index contributed by atoms with van der Waals surface area (Å²) in [5, 5.41) is 7.41. The fourth-order valence-electron chi connectivity index (χ4n) is 5.63. The van der Waals surface area contributed by atoms with Crippen LogP contribution in [0.4, 0.5) is 10.6 Å². The molecule has 3 heterocycles. The minimum Gasteiger partial charge on any atom is -0.334 e. The van der Waals surface area contributed by atoms with Crippen LogP contribution in [0.25, 0.3) is 11.1 Å². The van der Waals surface area contributed by atoms with Gasteiger partial charge in [-0.05, 0) is 59.4 Å². The number of nitrogens with one attached hydrogen (secondary N) is 2. The highest BCUT2D eigenvalue weighted by Crippen LogP contribution is 2.31. The molecule has 0 bridgehead atoms. The molecule has 0 spiro atoms. The quantitative estimate of drug-likeness (QED) is 0.100. The number of hydrazone groups is 1. The van der Waals surface area contributed by atoms with Crippen LogP contribution in [0, 0.1) is 0 Å². The largest absolute Gasteiger partial charge is 0.335 e. The van der Waals surface area contributed by atoms with Gasteiger partial charge >= 0.3 is 17.8 Å². The molecular weight excluding hydrogens is 564 g/mol. The molecule has 3 amide bonds. The van der Waals surface area contributed by atoms with E-state index in [0.29, 0.717) is 16.5 Å². The summed E-state index contributed by atoms with van der Waals surface area (Å²) in [6.45, 7) is 0.241. The number of urea groups is 1. The summed E-state index contributed by atoms with van der Waals surface area (Å²) in [4.78, 5) is 45.5. The topological polar surface area (TPSA) is 108 Å². The molecule has 43 heavy (non-hydrogen) atoms. The number of aromatic nitrogens is 2. The van der Waals surface area contributed by atoms with Crippen molar-refractivity contribution in [1.29, 1.82) is 0 Å². The number of amides is 3. The molecule has 2 aromatic carbocycles. The maximum absolute atomic E-state index is 13.9. The number of carbonyl (C=O) groups excluding carboxylic acids is 3. The zero-order valence-electron chi connectivity index (χ0n) is 23.3. The second-order valence-corrected chi connectivity index (χ2v) is 11.1. The summed E-state index contributed by atoms with van der Waals surface area (Å²) in [5.41, 5.74) is 6.45. The van der Waals surface area contributed by atoms with Crippen LogP contribution in [-0.2, 0) is 11.3 Å². The van der Waals surface area contributed by atoms with Gasteiger partial charge in [-0.25, -0.2) is 24.8 Å². The van der Waals surface area contributed by atoms with Crippen LogP contribution in [0.15, 0.2) is 96.4 Å². The number of halogens is 1. The molecule has 1 atom stereocenters. The van der Waals surface area contributed by atoms with E-state index in [1.165, 1.54) is 4.57 Å². The van der Waals surface area contributed by atoms with Gasteiger partial charge in [-0.15, -0.1) is 0 Å². The summed E-state index contributed by atoms with van der Waals surface area (Å²) in [6, 6.07) is 23.8. The molecule has 2 aliphatic rings.